The van der Waals surface area contributed by atoms with E-state index in [1.807, 2.05) is 0 Å². The molecule has 2 aromatic rings. The van der Waals surface area contributed by atoms with Gasteiger partial charge in [-0.25, -0.2) is 0 Å². The molecule has 6 heteroatoms. The van der Waals surface area contributed by atoms with Crippen molar-refractivity contribution in [1.82, 2.24) is 0 Å². The molecule has 0 fully saturated rings. The standard InChI is InChI=1S/C14H12N2O4/c17-9-10-2-1-3-12(6-10)15-8-11-7-13(16(19)20)4-5-14(11)18/h1-8,17-18H,9H2. The van der Waals surface area contributed by atoms with E-state index in [1.165, 1.54) is 24.4 Å². The molecule has 2 rings (SSSR count). The summed E-state index contributed by atoms with van der Waals surface area (Å²) in [5.41, 5.74) is 1.44. The van der Waals surface area contributed by atoms with Gasteiger partial charge in [0.15, 0.2) is 0 Å². The third-order valence-corrected chi connectivity index (χ3v) is 2.67. The van der Waals surface area contributed by atoms with E-state index in [0.29, 0.717) is 11.3 Å². The Balaban J connectivity index is 2.30. The zero-order valence-electron chi connectivity index (χ0n) is 10.4. The van der Waals surface area contributed by atoms with Crippen molar-refractivity contribution in [2.75, 3.05) is 0 Å². The number of hydrogen-bond donors (Lipinski definition) is 2. The molecule has 0 aliphatic carbocycles. The van der Waals surface area contributed by atoms with Crippen molar-refractivity contribution in [3.63, 3.8) is 0 Å². The van der Waals surface area contributed by atoms with Gasteiger partial charge >= 0.3 is 0 Å². The molecule has 0 aliphatic heterocycles. The van der Waals surface area contributed by atoms with Crippen LogP contribution >= 0.6 is 0 Å². The molecule has 0 aliphatic rings. The van der Waals surface area contributed by atoms with Crippen LogP contribution in [0.15, 0.2) is 47.5 Å². The highest BCUT2D eigenvalue weighted by molar-refractivity contribution is 5.86. The zero-order valence-corrected chi connectivity index (χ0v) is 10.4. The molecule has 0 radical (unpaired) electrons. The Hall–Kier alpha value is -2.73. The van der Waals surface area contributed by atoms with Gasteiger partial charge in [0.2, 0.25) is 0 Å². The third kappa shape index (κ3) is 3.18. The fourth-order valence-corrected chi connectivity index (χ4v) is 1.64. The van der Waals surface area contributed by atoms with Gasteiger partial charge in [-0.15, -0.1) is 0 Å². The maximum absolute atomic E-state index is 10.7. The van der Waals surface area contributed by atoms with Crippen LogP contribution in [0.5, 0.6) is 5.75 Å². The number of rotatable bonds is 4. The van der Waals surface area contributed by atoms with Crippen LogP contribution in [0.1, 0.15) is 11.1 Å². The Morgan fingerprint density at radius 1 is 1.25 bits per heavy atom. The molecule has 2 N–H and O–H groups in total. The van der Waals surface area contributed by atoms with Crippen molar-refractivity contribution < 1.29 is 15.1 Å². The quantitative estimate of drug-likeness (QED) is 0.508. The second-order valence-corrected chi connectivity index (χ2v) is 4.09. The van der Waals surface area contributed by atoms with Gasteiger partial charge in [-0.05, 0) is 23.8 Å². The lowest BCUT2D eigenvalue weighted by Gasteiger charge is -2.00. The van der Waals surface area contributed by atoms with Crippen molar-refractivity contribution in [3.8, 4) is 5.75 Å². The zero-order chi connectivity index (χ0) is 14.5. The fourth-order valence-electron chi connectivity index (χ4n) is 1.64. The van der Waals surface area contributed by atoms with Crippen molar-refractivity contribution in [2.24, 2.45) is 4.99 Å². The highest BCUT2D eigenvalue weighted by Crippen LogP contribution is 2.22. The van der Waals surface area contributed by atoms with E-state index < -0.39 is 4.92 Å². The number of aromatic hydroxyl groups is 1. The minimum Gasteiger partial charge on any atom is -0.507 e. The average Bonchev–Trinajstić information content (AvgIpc) is 2.46. The van der Waals surface area contributed by atoms with Crippen molar-refractivity contribution in [2.45, 2.75) is 6.61 Å². The number of aliphatic hydroxyl groups excluding tert-OH is 1. The summed E-state index contributed by atoms with van der Waals surface area (Å²) in [6.45, 7) is -0.0918. The molecule has 0 bridgehead atoms. The second kappa shape index (κ2) is 5.94. The molecule has 2 aromatic carbocycles. The van der Waals surface area contributed by atoms with Crippen LogP contribution in [-0.4, -0.2) is 21.4 Å². The summed E-state index contributed by atoms with van der Waals surface area (Å²) in [7, 11) is 0. The summed E-state index contributed by atoms with van der Waals surface area (Å²) >= 11 is 0. The molecule has 0 saturated heterocycles. The Kier molecular flexibility index (Phi) is 4.07. The first-order valence-electron chi connectivity index (χ1n) is 5.81. The monoisotopic (exact) mass is 272 g/mol. The number of nitro benzene ring substituents is 1. The molecule has 0 heterocycles. The summed E-state index contributed by atoms with van der Waals surface area (Å²) in [5.74, 6) is -0.0855. The lowest BCUT2D eigenvalue weighted by atomic mass is 10.2. The lowest BCUT2D eigenvalue weighted by Crippen LogP contribution is -1.90. The fraction of sp³-hybridized carbons (Fsp3) is 0.0714. The molecule has 0 atom stereocenters. The number of nitrogens with zero attached hydrogens (tertiary/aromatic N) is 2. The van der Waals surface area contributed by atoms with Crippen LogP contribution in [0.4, 0.5) is 11.4 Å². The molecule has 0 aromatic heterocycles. The first-order valence-corrected chi connectivity index (χ1v) is 5.81. The number of phenols is 1. The van der Waals surface area contributed by atoms with Crippen LogP contribution < -0.4 is 0 Å². The average molecular weight is 272 g/mol. The SMILES string of the molecule is O=[N+]([O-])c1ccc(O)c(C=Nc2cccc(CO)c2)c1. The number of hydrogen-bond acceptors (Lipinski definition) is 5. The highest BCUT2D eigenvalue weighted by Gasteiger charge is 2.08. The summed E-state index contributed by atoms with van der Waals surface area (Å²) in [6, 6.07) is 10.6. The van der Waals surface area contributed by atoms with E-state index in [4.69, 9.17) is 5.11 Å². The van der Waals surface area contributed by atoms with E-state index in [9.17, 15) is 15.2 Å². The Morgan fingerprint density at radius 3 is 2.75 bits per heavy atom. The number of phenolic OH excluding ortho intramolecular Hbond substituents is 1. The molecular weight excluding hydrogens is 260 g/mol. The number of nitro groups is 1. The maximum atomic E-state index is 10.7. The molecule has 0 unspecified atom stereocenters. The van der Waals surface area contributed by atoms with Crippen LogP contribution in [0, 0.1) is 10.1 Å². The molecule has 20 heavy (non-hydrogen) atoms. The van der Waals surface area contributed by atoms with Crippen molar-refractivity contribution in [3.05, 3.63) is 63.7 Å². The van der Waals surface area contributed by atoms with Gasteiger partial charge in [-0.1, -0.05) is 12.1 Å². The Morgan fingerprint density at radius 2 is 2.05 bits per heavy atom. The summed E-state index contributed by atoms with van der Waals surface area (Å²) in [5, 5.41) is 29.3. The predicted octanol–water partition coefficient (Wildman–Crippen LogP) is 2.54. The van der Waals surface area contributed by atoms with E-state index in [0.717, 1.165) is 0 Å². The van der Waals surface area contributed by atoms with Gasteiger partial charge in [0.1, 0.15) is 5.75 Å². The van der Waals surface area contributed by atoms with Gasteiger partial charge in [0, 0.05) is 23.9 Å². The van der Waals surface area contributed by atoms with Gasteiger partial charge in [-0.3, -0.25) is 15.1 Å². The van der Waals surface area contributed by atoms with E-state index in [-0.39, 0.29) is 23.6 Å². The third-order valence-electron chi connectivity index (χ3n) is 2.67. The first kappa shape index (κ1) is 13.7. The number of benzene rings is 2. The van der Waals surface area contributed by atoms with E-state index in [2.05, 4.69) is 4.99 Å². The van der Waals surface area contributed by atoms with Crippen LogP contribution in [-0.2, 0) is 6.61 Å². The van der Waals surface area contributed by atoms with Gasteiger partial charge in [0.05, 0.1) is 17.2 Å². The van der Waals surface area contributed by atoms with Crippen LogP contribution in [0.3, 0.4) is 0 Å². The Bertz CT molecular complexity index is 668. The highest BCUT2D eigenvalue weighted by atomic mass is 16.6. The van der Waals surface area contributed by atoms with Crippen LogP contribution in [0.25, 0.3) is 0 Å². The predicted molar refractivity (Wildman–Crippen MR) is 74.4 cm³/mol. The number of non-ortho nitro benzene ring substituents is 1. The molecule has 0 amide bonds. The molecule has 6 nitrogen and oxygen atoms in total. The molecule has 102 valence electrons. The van der Waals surface area contributed by atoms with Crippen LogP contribution in [0.2, 0.25) is 0 Å². The van der Waals surface area contributed by atoms with E-state index in [1.54, 1.807) is 24.3 Å². The normalized spacial score (nSPS) is 10.8. The molecular formula is C14H12N2O4. The molecule has 0 spiro atoms. The summed E-state index contributed by atoms with van der Waals surface area (Å²) in [6.07, 6.45) is 1.35. The first-order chi connectivity index (χ1) is 9.60. The maximum Gasteiger partial charge on any atom is 0.270 e. The number of aliphatic imine (C=N–C) groups is 1. The topological polar surface area (TPSA) is 96.0 Å². The summed E-state index contributed by atoms with van der Waals surface area (Å²) < 4.78 is 0. The largest absolute Gasteiger partial charge is 0.507 e. The van der Waals surface area contributed by atoms with E-state index >= 15 is 0 Å². The van der Waals surface area contributed by atoms with Gasteiger partial charge in [-0.2, -0.15) is 0 Å². The van der Waals surface area contributed by atoms with Crippen molar-refractivity contribution >= 4 is 17.6 Å². The minimum atomic E-state index is -0.539. The smallest absolute Gasteiger partial charge is 0.270 e. The summed E-state index contributed by atoms with van der Waals surface area (Å²) in [4.78, 5) is 14.3. The molecule has 0 saturated carbocycles. The minimum absolute atomic E-state index is 0.0855. The lowest BCUT2D eigenvalue weighted by molar-refractivity contribution is -0.384. The van der Waals surface area contributed by atoms with Crippen molar-refractivity contribution in [1.29, 1.82) is 0 Å². The number of aliphatic hydroxyl groups is 1. The second-order valence-electron chi connectivity index (χ2n) is 4.09. The Labute approximate surface area is 114 Å². The van der Waals surface area contributed by atoms with Gasteiger partial charge in [0.25, 0.3) is 5.69 Å². The van der Waals surface area contributed by atoms with Gasteiger partial charge < -0.3 is 10.2 Å².